The standard InChI is InChI=1S/C13H16ClN3O2S/c1-2-19-11-5-3-4-10(8-11)9-17(6-7-18)13-16-15-12(14)20-13/h3-5,8,18H,2,6-7,9H2,1H3. The van der Waals surface area contributed by atoms with Crippen LogP contribution in [0.4, 0.5) is 5.13 Å². The second-order valence-corrected chi connectivity index (χ2v) is 5.60. The number of ether oxygens (including phenoxy) is 1. The number of aliphatic hydroxyl groups is 1. The summed E-state index contributed by atoms with van der Waals surface area (Å²) < 4.78 is 5.88. The highest BCUT2D eigenvalue weighted by molar-refractivity contribution is 7.19. The summed E-state index contributed by atoms with van der Waals surface area (Å²) in [7, 11) is 0. The predicted octanol–water partition coefficient (Wildman–Crippen LogP) is 2.59. The minimum atomic E-state index is 0.0440. The summed E-state index contributed by atoms with van der Waals surface area (Å²) in [6.07, 6.45) is 0. The fourth-order valence-electron chi connectivity index (χ4n) is 1.81. The highest BCUT2D eigenvalue weighted by Crippen LogP contribution is 2.25. The Kier molecular flexibility index (Phi) is 5.58. The maximum atomic E-state index is 9.18. The van der Waals surface area contributed by atoms with Gasteiger partial charge in [-0.15, -0.1) is 10.2 Å². The molecule has 0 saturated carbocycles. The van der Waals surface area contributed by atoms with Gasteiger partial charge in [0.1, 0.15) is 5.75 Å². The van der Waals surface area contributed by atoms with Crippen LogP contribution in [0.2, 0.25) is 4.47 Å². The molecule has 0 bridgehead atoms. The Hall–Kier alpha value is -1.37. The Morgan fingerprint density at radius 1 is 1.40 bits per heavy atom. The molecular weight excluding hydrogens is 298 g/mol. The average molecular weight is 314 g/mol. The second-order valence-electron chi connectivity index (χ2n) is 4.06. The Labute approximate surface area is 126 Å². The molecule has 0 atom stereocenters. The van der Waals surface area contributed by atoms with Crippen LogP contribution in [0.5, 0.6) is 5.75 Å². The van der Waals surface area contributed by atoms with Gasteiger partial charge in [0.25, 0.3) is 0 Å². The molecule has 1 aromatic heterocycles. The first kappa shape index (κ1) is 15.0. The van der Waals surface area contributed by atoms with Crippen molar-refractivity contribution in [2.45, 2.75) is 13.5 Å². The van der Waals surface area contributed by atoms with E-state index in [0.29, 0.717) is 29.3 Å². The molecule has 0 aliphatic rings. The van der Waals surface area contributed by atoms with E-state index in [-0.39, 0.29) is 6.61 Å². The summed E-state index contributed by atoms with van der Waals surface area (Å²) >= 11 is 7.11. The molecule has 2 aromatic rings. The van der Waals surface area contributed by atoms with Gasteiger partial charge < -0.3 is 14.7 Å². The summed E-state index contributed by atoms with van der Waals surface area (Å²) in [6.45, 7) is 3.73. The van der Waals surface area contributed by atoms with Gasteiger partial charge in [0.2, 0.25) is 9.60 Å². The zero-order valence-electron chi connectivity index (χ0n) is 11.1. The van der Waals surface area contributed by atoms with E-state index in [1.807, 2.05) is 36.1 Å². The number of benzene rings is 1. The summed E-state index contributed by atoms with van der Waals surface area (Å²) in [5.74, 6) is 0.837. The van der Waals surface area contributed by atoms with Crippen LogP contribution in [0.1, 0.15) is 12.5 Å². The number of aliphatic hydroxyl groups excluding tert-OH is 1. The molecule has 0 fully saturated rings. The van der Waals surface area contributed by atoms with E-state index in [4.69, 9.17) is 16.3 Å². The van der Waals surface area contributed by atoms with Gasteiger partial charge in [-0.1, -0.05) is 23.5 Å². The van der Waals surface area contributed by atoms with Crippen LogP contribution in [-0.4, -0.2) is 35.1 Å². The van der Waals surface area contributed by atoms with Crippen LogP contribution in [-0.2, 0) is 6.54 Å². The van der Waals surface area contributed by atoms with Gasteiger partial charge in [-0.05, 0) is 36.2 Å². The minimum absolute atomic E-state index is 0.0440. The monoisotopic (exact) mass is 313 g/mol. The number of rotatable bonds is 7. The molecule has 1 N–H and O–H groups in total. The molecule has 108 valence electrons. The molecule has 20 heavy (non-hydrogen) atoms. The summed E-state index contributed by atoms with van der Waals surface area (Å²) in [6, 6.07) is 7.86. The predicted molar refractivity (Wildman–Crippen MR) is 80.7 cm³/mol. The molecule has 1 heterocycles. The van der Waals surface area contributed by atoms with Crippen molar-refractivity contribution in [1.29, 1.82) is 0 Å². The lowest BCUT2D eigenvalue weighted by atomic mass is 10.2. The van der Waals surface area contributed by atoms with E-state index in [2.05, 4.69) is 10.2 Å². The lowest BCUT2D eigenvalue weighted by molar-refractivity contribution is 0.301. The number of hydrogen-bond acceptors (Lipinski definition) is 6. The van der Waals surface area contributed by atoms with E-state index in [0.717, 1.165) is 11.3 Å². The zero-order valence-corrected chi connectivity index (χ0v) is 12.7. The van der Waals surface area contributed by atoms with E-state index < -0.39 is 0 Å². The van der Waals surface area contributed by atoms with E-state index in [9.17, 15) is 5.11 Å². The van der Waals surface area contributed by atoms with Crippen LogP contribution in [0.3, 0.4) is 0 Å². The molecule has 7 heteroatoms. The lowest BCUT2D eigenvalue weighted by Gasteiger charge is -2.20. The highest BCUT2D eigenvalue weighted by atomic mass is 35.5. The zero-order chi connectivity index (χ0) is 14.4. The Balaban J connectivity index is 2.13. The Morgan fingerprint density at radius 2 is 2.25 bits per heavy atom. The second kappa shape index (κ2) is 7.42. The van der Waals surface area contributed by atoms with Crippen molar-refractivity contribution in [3.05, 3.63) is 34.3 Å². The number of aromatic nitrogens is 2. The largest absolute Gasteiger partial charge is 0.494 e. The summed E-state index contributed by atoms with van der Waals surface area (Å²) in [5.41, 5.74) is 1.08. The fourth-order valence-corrected chi connectivity index (χ4v) is 2.65. The number of halogens is 1. The quantitative estimate of drug-likeness (QED) is 0.851. The van der Waals surface area contributed by atoms with Crippen molar-refractivity contribution in [2.75, 3.05) is 24.7 Å². The van der Waals surface area contributed by atoms with Gasteiger partial charge >= 0.3 is 0 Å². The van der Waals surface area contributed by atoms with E-state index in [1.165, 1.54) is 11.3 Å². The normalized spacial score (nSPS) is 10.6. The maximum Gasteiger partial charge on any atom is 0.209 e. The number of anilines is 1. The number of hydrogen-bond donors (Lipinski definition) is 1. The highest BCUT2D eigenvalue weighted by Gasteiger charge is 2.12. The first-order chi connectivity index (χ1) is 9.72. The first-order valence-corrected chi connectivity index (χ1v) is 7.49. The molecule has 5 nitrogen and oxygen atoms in total. The Bertz CT molecular complexity index is 550. The lowest BCUT2D eigenvalue weighted by Crippen LogP contribution is -2.26. The Morgan fingerprint density at radius 3 is 2.90 bits per heavy atom. The molecule has 0 amide bonds. The van der Waals surface area contributed by atoms with Crippen molar-refractivity contribution < 1.29 is 9.84 Å². The summed E-state index contributed by atoms with van der Waals surface area (Å²) in [4.78, 5) is 1.94. The van der Waals surface area contributed by atoms with Crippen molar-refractivity contribution in [3.8, 4) is 5.75 Å². The van der Waals surface area contributed by atoms with Crippen molar-refractivity contribution in [3.63, 3.8) is 0 Å². The molecule has 0 aliphatic heterocycles. The van der Waals surface area contributed by atoms with Crippen molar-refractivity contribution >= 4 is 28.1 Å². The topological polar surface area (TPSA) is 58.5 Å². The van der Waals surface area contributed by atoms with Gasteiger partial charge in [0.05, 0.1) is 13.2 Å². The maximum absolute atomic E-state index is 9.18. The molecule has 0 unspecified atom stereocenters. The van der Waals surface area contributed by atoms with Gasteiger partial charge in [0.15, 0.2) is 0 Å². The molecule has 2 rings (SSSR count). The average Bonchev–Trinajstić information content (AvgIpc) is 2.86. The van der Waals surface area contributed by atoms with Gasteiger partial charge in [-0.2, -0.15) is 0 Å². The third kappa shape index (κ3) is 4.06. The summed E-state index contributed by atoms with van der Waals surface area (Å²) in [5, 5.41) is 17.7. The third-order valence-electron chi connectivity index (χ3n) is 2.61. The van der Waals surface area contributed by atoms with Crippen LogP contribution < -0.4 is 9.64 Å². The van der Waals surface area contributed by atoms with Crippen LogP contribution in [0.15, 0.2) is 24.3 Å². The molecule has 0 aliphatic carbocycles. The van der Waals surface area contributed by atoms with Gasteiger partial charge in [0, 0.05) is 13.1 Å². The van der Waals surface area contributed by atoms with Crippen LogP contribution in [0, 0.1) is 0 Å². The fraction of sp³-hybridized carbons (Fsp3) is 0.385. The minimum Gasteiger partial charge on any atom is -0.494 e. The molecular formula is C13H16ClN3O2S. The SMILES string of the molecule is CCOc1cccc(CN(CCO)c2nnc(Cl)s2)c1. The van der Waals surface area contributed by atoms with Crippen molar-refractivity contribution in [1.82, 2.24) is 10.2 Å². The van der Waals surface area contributed by atoms with Crippen LogP contribution in [0.25, 0.3) is 0 Å². The number of nitrogens with zero attached hydrogens (tertiary/aromatic N) is 3. The molecule has 0 spiro atoms. The van der Waals surface area contributed by atoms with E-state index in [1.54, 1.807) is 0 Å². The third-order valence-corrected chi connectivity index (χ3v) is 3.69. The van der Waals surface area contributed by atoms with Gasteiger partial charge in [-0.3, -0.25) is 0 Å². The smallest absolute Gasteiger partial charge is 0.209 e. The molecule has 1 aromatic carbocycles. The first-order valence-electron chi connectivity index (χ1n) is 6.29. The molecule has 0 radical (unpaired) electrons. The van der Waals surface area contributed by atoms with Crippen LogP contribution >= 0.6 is 22.9 Å². The van der Waals surface area contributed by atoms with E-state index >= 15 is 0 Å². The van der Waals surface area contributed by atoms with Gasteiger partial charge in [-0.25, -0.2) is 0 Å². The molecule has 0 saturated heterocycles. The van der Waals surface area contributed by atoms with Crippen molar-refractivity contribution in [2.24, 2.45) is 0 Å².